The lowest BCUT2D eigenvalue weighted by Gasteiger charge is -2.51. The van der Waals surface area contributed by atoms with E-state index >= 15 is 0 Å². The van der Waals surface area contributed by atoms with Crippen LogP contribution >= 0.6 is 11.6 Å². The molecule has 1 aromatic heterocycles. The van der Waals surface area contributed by atoms with Gasteiger partial charge in [-0.3, -0.25) is 4.98 Å². The van der Waals surface area contributed by atoms with E-state index in [9.17, 15) is 26.9 Å². The number of rotatable bonds is 5. The summed E-state index contributed by atoms with van der Waals surface area (Å²) in [5.74, 6) is -0.499. The Morgan fingerprint density at radius 1 is 1.02 bits per heavy atom. The molecule has 10 rings (SSSR count). The number of pyridine rings is 1. The largest absolute Gasteiger partial charge is 0.534 e. The van der Waals surface area contributed by atoms with Gasteiger partial charge in [0.25, 0.3) is 0 Å². The monoisotopic (exact) mass is 763 g/mol. The number of nitriles is 1. The molecular formula is C43H33ClF3N3O3S. The van der Waals surface area contributed by atoms with Gasteiger partial charge >= 0.3 is 15.6 Å². The highest BCUT2D eigenvalue weighted by Crippen LogP contribution is 2.74. The molecule has 4 aromatic rings. The van der Waals surface area contributed by atoms with E-state index in [1.807, 2.05) is 48.6 Å². The highest BCUT2D eigenvalue weighted by Gasteiger charge is 2.65. The van der Waals surface area contributed by atoms with Gasteiger partial charge in [-0.05, 0) is 94.9 Å². The number of aromatic nitrogens is 1. The number of benzene rings is 3. The van der Waals surface area contributed by atoms with Crippen LogP contribution in [0.3, 0.4) is 0 Å². The third-order valence-electron chi connectivity index (χ3n) is 13.6. The van der Waals surface area contributed by atoms with Gasteiger partial charge in [-0.15, -0.1) is 0 Å². The number of hydrogen-bond donors (Lipinski definition) is 0. The second-order valence-electron chi connectivity index (χ2n) is 15.8. The second kappa shape index (κ2) is 11.1. The van der Waals surface area contributed by atoms with Crippen molar-refractivity contribution in [3.63, 3.8) is 0 Å². The van der Waals surface area contributed by atoms with Gasteiger partial charge in [0.2, 0.25) is 0 Å². The van der Waals surface area contributed by atoms with Gasteiger partial charge in [0, 0.05) is 34.2 Å². The zero-order chi connectivity index (χ0) is 37.5. The highest BCUT2D eigenvalue weighted by molar-refractivity contribution is 7.88. The molecule has 0 radical (unpaired) electrons. The van der Waals surface area contributed by atoms with E-state index in [-0.39, 0.29) is 28.1 Å². The lowest BCUT2D eigenvalue weighted by atomic mass is 9.50. The zero-order valence-corrected chi connectivity index (χ0v) is 30.6. The maximum atomic E-state index is 14.4. The minimum atomic E-state index is -6.22. The predicted octanol–water partition coefficient (Wildman–Crippen LogP) is 10.5. The van der Waals surface area contributed by atoms with Crippen molar-refractivity contribution in [1.82, 2.24) is 4.98 Å². The van der Waals surface area contributed by atoms with Crippen LogP contribution in [0, 0.1) is 28.6 Å². The maximum Gasteiger partial charge on any atom is 0.534 e. The molecule has 1 heterocycles. The molecule has 0 N–H and O–H groups in total. The van der Waals surface area contributed by atoms with E-state index in [4.69, 9.17) is 20.8 Å². The zero-order valence-electron chi connectivity index (χ0n) is 29.1. The van der Waals surface area contributed by atoms with Crippen molar-refractivity contribution in [2.24, 2.45) is 17.3 Å². The summed E-state index contributed by atoms with van der Waals surface area (Å²) >= 11 is 7.49. The molecule has 7 unspecified atom stereocenters. The predicted molar refractivity (Wildman–Crippen MR) is 200 cm³/mol. The highest BCUT2D eigenvalue weighted by atomic mass is 35.5. The van der Waals surface area contributed by atoms with Crippen LogP contribution in [0.2, 0.25) is 5.02 Å². The van der Waals surface area contributed by atoms with Gasteiger partial charge in [-0.25, -0.2) is 0 Å². The van der Waals surface area contributed by atoms with Gasteiger partial charge in [0.15, 0.2) is 5.75 Å². The summed E-state index contributed by atoms with van der Waals surface area (Å²) in [6.07, 6.45) is 13.0. The van der Waals surface area contributed by atoms with Crippen LogP contribution < -0.4 is 9.08 Å². The summed E-state index contributed by atoms with van der Waals surface area (Å²) in [6.45, 7) is 6.78. The Morgan fingerprint density at radius 3 is 2.54 bits per heavy atom. The molecule has 1 spiro atoms. The molecule has 2 bridgehead atoms. The van der Waals surface area contributed by atoms with Gasteiger partial charge < -0.3 is 9.08 Å². The fourth-order valence-electron chi connectivity index (χ4n) is 11.2. The molecule has 6 nitrogen and oxygen atoms in total. The SMILES string of the molecule is C=C1C=CC=CC2c3c(C#N)cc(N(c4ccccc4)c4cnc5c(c4Cl)C4CC6CC(C5)C6(C)C4)c(OS(=O)(=O)C(F)(F)F)c3C3c4ccccc4C123. The molecule has 6 aliphatic carbocycles. The number of nitrogens with zero attached hydrogens (tertiary/aromatic N) is 3. The van der Waals surface area contributed by atoms with E-state index < -0.39 is 38.6 Å². The van der Waals surface area contributed by atoms with Gasteiger partial charge in [0.1, 0.15) is 0 Å². The average molecular weight is 764 g/mol. The summed E-state index contributed by atoms with van der Waals surface area (Å²) in [5, 5.41) is 11.3. The van der Waals surface area contributed by atoms with Crippen molar-refractivity contribution >= 4 is 38.8 Å². The molecule has 272 valence electrons. The van der Waals surface area contributed by atoms with Crippen molar-refractivity contribution in [2.45, 2.75) is 61.3 Å². The summed E-state index contributed by atoms with van der Waals surface area (Å²) in [5.41, 5.74) is -0.664. The molecule has 0 amide bonds. The lowest BCUT2D eigenvalue weighted by Crippen LogP contribution is -2.45. The Morgan fingerprint density at radius 2 is 1.78 bits per heavy atom. The average Bonchev–Trinajstić information content (AvgIpc) is 3.40. The van der Waals surface area contributed by atoms with Crippen LogP contribution in [0.1, 0.15) is 83.0 Å². The fourth-order valence-corrected chi connectivity index (χ4v) is 12.1. The smallest absolute Gasteiger partial charge is 0.373 e. The van der Waals surface area contributed by atoms with E-state index in [1.54, 1.807) is 41.4 Å². The molecule has 7 atom stereocenters. The van der Waals surface area contributed by atoms with Crippen molar-refractivity contribution < 1.29 is 25.8 Å². The molecule has 6 aliphatic rings. The Balaban J connectivity index is 1.28. The van der Waals surface area contributed by atoms with Crippen molar-refractivity contribution in [2.75, 3.05) is 4.90 Å². The first kappa shape index (κ1) is 33.7. The molecule has 3 aromatic carbocycles. The molecule has 2 saturated carbocycles. The standard InChI is InChI=1S/C43H33ClF3N3O3S/c1-23-10-6-8-15-31-35-25(21-48)17-33(40(53-54(51,52)43(45,46)47)37(35)38-29-13-7-9-14-30(29)42(23,31)38)50(28-11-4-3-5-12-28)34-22-49-32-19-27-18-26-16-24(20-41(26,27)2)36(32)39(34)44/h3-15,17,22,24,26-27,31,38H,1,16,18-20H2,2H3. The number of anilines is 3. The minimum absolute atomic E-state index is 0.0678. The lowest BCUT2D eigenvalue weighted by molar-refractivity contribution is -0.0500. The van der Waals surface area contributed by atoms with Crippen LogP contribution in [0.25, 0.3) is 0 Å². The summed E-state index contributed by atoms with van der Waals surface area (Å²) in [6, 6.07) is 20.2. The maximum absolute atomic E-state index is 14.4. The summed E-state index contributed by atoms with van der Waals surface area (Å²) < 4.78 is 75.2. The number of alkyl halides is 3. The summed E-state index contributed by atoms with van der Waals surface area (Å²) in [7, 11) is -6.22. The number of fused-ring (bicyclic) bond motifs is 8. The van der Waals surface area contributed by atoms with E-state index in [1.165, 1.54) is 6.07 Å². The van der Waals surface area contributed by atoms with Gasteiger partial charge in [0.05, 0.1) is 34.2 Å². The van der Waals surface area contributed by atoms with E-state index in [0.29, 0.717) is 39.4 Å². The Bertz CT molecular complexity index is 2560. The third-order valence-corrected chi connectivity index (χ3v) is 14.9. The Hall–Kier alpha value is -4.85. The quantitative estimate of drug-likeness (QED) is 0.149. The van der Waals surface area contributed by atoms with E-state index in [2.05, 4.69) is 19.6 Å². The minimum Gasteiger partial charge on any atom is -0.373 e. The normalized spacial score (nSPS) is 29.3. The number of halogens is 4. The number of para-hydroxylation sites is 1. The summed E-state index contributed by atoms with van der Waals surface area (Å²) in [4.78, 5) is 6.59. The Kier molecular flexibility index (Phi) is 6.93. The molecule has 54 heavy (non-hydrogen) atoms. The van der Waals surface area contributed by atoms with Crippen molar-refractivity contribution in [1.29, 1.82) is 5.26 Å². The fraction of sp³-hybridized carbons (Fsp3) is 0.302. The van der Waals surface area contributed by atoms with Crippen LogP contribution in [0.5, 0.6) is 5.75 Å². The topological polar surface area (TPSA) is 83.3 Å². The van der Waals surface area contributed by atoms with Crippen LogP contribution in [0.15, 0.2) is 103 Å². The third kappa shape index (κ3) is 4.17. The number of allylic oxidation sites excluding steroid dienone is 5. The van der Waals surface area contributed by atoms with Crippen molar-refractivity contribution in [3.8, 4) is 11.8 Å². The molecule has 11 heteroatoms. The van der Waals surface area contributed by atoms with Crippen LogP contribution in [-0.2, 0) is 22.0 Å². The van der Waals surface area contributed by atoms with Crippen molar-refractivity contribution in [3.05, 3.63) is 147 Å². The first-order valence-corrected chi connectivity index (χ1v) is 19.9. The van der Waals surface area contributed by atoms with Gasteiger partial charge in [-0.2, -0.15) is 26.9 Å². The number of hydrogen-bond acceptors (Lipinski definition) is 6. The molecule has 0 saturated heterocycles. The first-order valence-electron chi connectivity index (χ1n) is 18.1. The van der Waals surface area contributed by atoms with Crippen LogP contribution in [0.4, 0.5) is 30.2 Å². The Labute approximate surface area is 316 Å². The molecule has 0 aliphatic heterocycles. The van der Waals surface area contributed by atoms with E-state index in [0.717, 1.165) is 48.1 Å². The first-order chi connectivity index (χ1) is 25.8. The molecule has 2 fully saturated rings. The van der Waals surface area contributed by atoms with Crippen LogP contribution in [-0.4, -0.2) is 18.9 Å². The second-order valence-corrected chi connectivity index (χ2v) is 17.7. The van der Waals surface area contributed by atoms with Gasteiger partial charge in [-0.1, -0.05) is 91.9 Å². The molecular weight excluding hydrogens is 731 g/mol.